The van der Waals surface area contributed by atoms with Gasteiger partial charge in [0.2, 0.25) is 0 Å². The van der Waals surface area contributed by atoms with Crippen molar-refractivity contribution in [3.05, 3.63) is 62.3 Å². The smallest absolute Gasteiger partial charge is 0.269 e. The third kappa shape index (κ3) is 5.53. The van der Waals surface area contributed by atoms with Gasteiger partial charge in [-0.05, 0) is 49.9 Å². The summed E-state index contributed by atoms with van der Waals surface area (Å²) in [6.07, 6.45) is 2.51. The second-order valence-corrected chi connectivity index (χ2v) is 7.76. The van der Waals surface area contributed by atoms with Crippen molar-refractivity contribution >= 4 is 23.0 Å². The van der Waals surface area contributed by atoms with Gasteiger partial charge in [0, 0.05) is 30.1 Å². The van der Waals surface area contributed by atoms with Gasteiger partial charge in [-0.15, -0.1) is 11.3 Å². The van der Waals surface area contributed by atoms with Crippen LogP contribution >= 0.6 is 11.3 Å². The largest absolute Gasteiger partial charge is 0.357 e. The van der Waals surface area contributed by atoms with Gasteiger partial charge in [0.25, 0.3) is 5.69 Å². The number of likely N-dealkylation sites (tertiary alicyclic amines) is 1. The summed E-state index contributed by atoms with van der Waals surface area (Å²) < 4.78 is 0. The molecule has 0 saturated carbocycles. The maximum atomic E-state index is 11.0. The van der Waals surface area contributed by atoms with Crippen LogP contribution in [0.4, 0.5) is 5.69 Å². The molecule has 0 bridgehead atoms. The fourth-order valence-electron chi connectivity index (χ4n) is 3.42. The van der Waals surface area contributed by atoms with Gasteiger partial charge in [-0.2, -0.15) is 0 Å². The number of non-ortho nitro benzene ring substituents is 1. The number of hydrogen-bond acceptors (Lipinski definition) is 5. The molecule has 0 radical (unpaired) electrons. The summed E-state index contributed by atoms with van der Waals surface area (Å²) in [5.74, 6) is 0.731. The van der Waals surface area contributed by atoms with Crippen molar-refractivity contribution in [3.8, 4) is 0 Å². The van der Waals surface area contributed by atoms with Gasteiger partial charge in [-0.25, -0.2) is 4.99 Å². The molecule has 1 aromatic heterocycles. The van der Waals surface area contributed by atoms with Gasteiger partial charge in [-0.3, -0.25) is 15.0 Å². The van der Waals surface area contributed by atoms with Crippen molar-refractivity contribution in [3.63, 3.8) is 0 Å². The first-order chi connectivity index (χ1) is 13.7. The first-order valence-corrected chi connectivity index (χ1v) is 10.6. The molecule has 2 heterocycles. The van der Waals surface area contributed by atoms with Crippen molar-refractivity contribution in [1.29, 1.82) is 0 Å². The van der Waals surface area contributed by atoms with Gasteiger partial charge < -0.3 is 10.6 Å². The lowest BCUT2D eigenvalue weighted by Crippen LogP contribution is -2.42. The van der Waals surface area contributed by atoms with E-state index in [9.17, 15) is 10.1 Å². The van der Waals surface area contributed by atoms with E-state index in [1.54, 1.807) is 23.5 Å². The van der Waals surface area contributed by atoms with Crippen LogP contribution in [0.5, 0.6) is 0 Å². The van der Waals surface area contributed by atoms with Crippen LogP contribution < -0.4 is 10.6 Å². The molecule has 0 aliphatic carbocycles. The predicted octanol–water partition coefficient (Wildman–Crippen LogP) is 3.55. The van der Waals surface area contributed by atoms with E-state index in [1.807, 2.05) is 13.0 Å². The zero-order valence-electron chi connectivity index (χ0n) is 16.1. The molecule has 150 valence electrons. The average molecular weight is 402 g/mol. The normalized spacial score (nSPS) is 16.1. The minimum atomic E-state index is -0.377. The van der Waals surface area contributed by atoms with E-state index in [2.05, 4.69) is 38.0 Å². The lowest BCUT2D eigenvalue weighted by atomic mass is 10.2. The van der Waals surface area contributed by atoms with Crippen molar-refractivity contribution in [2.45, 2.75) is 32.4 Å². The molecule has 1 unspecified atom stereocenters. The number of rotatable bonds is 8. The Bertz CT molecular complexity index is 788. The van der Waals surface area contributed by atoms with Crippen LogP contribution in [0.3, 0.4) is 0 Å². The van der Waals surface area contributed by atoms with Crippen molar-refractivity contribution < 1.29 is 4.92 Å². The van der Waals surface area contributed by atoms with E-state index in [4.69, 9.17) is 0 Å². The number of nitrogens with one attached hydrogen (secondary N) is 2. The lowest BCUT2D eigenvalue weighted by Gasteiger charge is -2.27. The molecule has 7 nitrogen and oxygen atoms in total. The fourth-order valence-corrected chi connectivity index (χ4v) is 4.28. The van der Waals surface area contributed by atoms with E-state index in [0.717, 1.165) is 37.7 Å². The molecule has 2 N–H and O–H groups in total. The van der Waals surface area contributed by atoms with Gasteiger partial charge >= 0.3 is 0 Å². The van der Waals surface area contributed by atoms with Crippen LogP contribution in [0, 0.1) is 10.1 Å². The van der Waals surface area contributed by atoms with Crippen LogP contribution in [-0.4, -0.2) is 42.0 Å². The van der Waals surface area contributed by atoms with E-state index in [1.165, 1.54) is 23.8 Å². The first kappa shape index (κ1) is 20.3. The number of hydrogen-bond donors (Lipinski definition) is 2. The Hall–Kier alpha value is -2.45. The number of nitro benzene ring substituents is 1. The Morgan fingerprint density at radius 1 is 1.29 bits per heavy atom. The second-order valence-electron chi connectivity index (χ2n) is 6.78. The molecule has 1 saturated heterocycles. The van der Waals surface area contributed by atoms with Crippen molar-refractivity contribution in [2.75, 3.05) is 26.2 Å². The molecule has 0 amide bonds. The van der Waals surface area contributed by atoms with Gasteiger partial charge in [0.05, 0.1) is 17.5 Å². The van der Waals surface area contributed by atoms with Gasteiger partial charge in [0.1, 0.15) is 0 Å². The Balaban J connectivity index is 1.66. The SMILES string of the molecule is CCNC(=NCc1cccc([N+](=O)[O-])c1)NCC(c1cccs1)N1CCCC1. The van der Waals surface area contributed by atoms with E-state index in [-0.39, 0.29) is 10.6 Å². The lowest BCUT2D eigenvalue weighted by molar-refractivity contribution is -0.384. The Kier molecular flexibility index (Phi) is 7.39. The standard InChI is InChI=1S/C20H27N5O2S/c1-2-21-20(22-14-16-7-5-8-17(13-16)25(26)27)23-15-18(19-9-6-12-28-19)24-10-3-4-11-24/h5-9,12-13,18H,2-4,10-11,14-15H2,1H3,(H2,21,22,23). The molecule has 1 atom stereocenters. The third-order valence-corrected chi connectivity index (χ3v) is 5.77. The highest BCUT2D eigenvalue weighted by Gasteiger charge is 2.24. The Morgan fingerprint density at radius 2 is 2.11 bits per heavy atom. The molecule has 3 rings (SSSR count). The molecule has 2 aromatic rings. The maximum Gasteiger partial charge on any atom is 0.269 e. The number of guanidine groups is 1. The number of thiophene rings is 1. The quantitative estimate of drug-likeness (QED) is 0.306. The van der Waals surface area contributed by atoms with E-state index < -0.39 is 0 Å². The fraction of sp³-hybridized carbons (Fsp3) is 0.450. The number of aliphatic imine (C=N–C) groups is 1. The summed E-state index contributed by atoms with van der Waals surface area (Å²) >= 11 is 1.79. The topological polar surface area (TPSA) is 82.8 Å². The number of nitro groups is 1. The van der Waals surface area contributed by atoms with Gasteiger partial charge in [-0.1, -0.05) is 18.2 Å². The van der Waals surface area contributed by atoms with Crippen molar-refractivity contribution in [1.82, 2.24) is 15.5 Å². The molecule has 1 aromatic carbocycles. The monoisotopic (exact) mass is 401 g/mol. The Morgan fingerprint density at radius 3 is 2.79 bits per heavy atom. The highest BCUT2D eigenvalue weighted by Crippen LogP contribution is 2.27. The predicted molar refractivity (Wildman–Crippen MR) is 114 cm³/mol. The highest BCUT2D eigenvalue weighted by molar-refractivity contribution is 7.10. The zero-order valence-corrected chi connectivity index (χ0v) is 17.0. The highest BCUT2D eigenvalue weighted by atomic mass is 32.1. The number of nitrogens with zero attached hydrogens (tertiary/aromatic N) is 3. The van der Waals surface area contributed by atoms with Gasteiger partial charge in [0.15, 0.2) is 5.96 Å². The molecule has 8 heteroatoms. The summed E-state index contributed by atoms with van der Waals surface area (Å²) in [6.45, 7) is 6.22. The number of benzene rings is 1. The molecule has 0 spiro atoms. The van der Waals surface area contributed by atoms with E-state index in [0.29, 0.717) is 12.6 Å². The third-order valence-electron chi connectivity index (χ3n) is 4.80. The molecular formula is C20H27N5O2S. The summed E-state index contributed by atoms with van der Waals surface area (Å²) in [4.78, 5) is 19.1. The van der Waals surface area contributed by atoms with E-state index >= 15 is 0 Å². The van der Waals surface area contributed by atoms with Crippen LogP contribution in [0.15, 0.2) is 46.8 Å². The maximum absolute atomic E-state index is 11.0. The van der Waals surface area contributed by atoms with Crippen LogP contribution in [-0.2, 0) is 6.54 Å². The molecular weight excluding hydrogens is 374 g/mol. The van der Waals surface area contributed by atoms with Crippen LogP contribution in [0.25, 0.3) is 0 Å². The summed E-state index contributed by atoms with van der Waals surface area (Å²) in [6, 6.07) is 11.3. The van der Waals surface area contributed by atoms with Crippen LogP contribution in [0.2, 0.25) is 0 Å². The van der Waals surface area contributed by atoms with Crippen molar-refractivity contribution in [2.24, 2.45) is 4.99 Å². The Labute approximate surface area is 169 Å². The summed E-state index contributed by atoms with van der Waals surface area (Å²) in [7, 11) is 0. The average Bonchev–Trinajstić information content (AvgIpc) is 3.41. The molecule has 1 aliphatic rings. The summed E-state index contributed by atoms with van der Waals surface area (Å²) in [5.41, 5.74) is 0.915. The van der Waals surface area contributed by atoms with Crippen LogP contribution in [0.1, 0.15) is 36.2 Å². The molecule has 1 aliphatic heterocycles. The molecule has 28 heavy (non-hydrogen) atoms. The zero-order chi connectivity index (χ0) is 19.8. The summed E-state index contributed by atoms with van der Waals surface area (Å²) in [5, 5.41) is 19.8. The minimum Gasteiger partial charge on any atom is -0.357 e. The second kappa shape index (κ2) is 10.2. The minimum absolute atomic E-state index is 0.0949. The molecule has 1 fully saturated rings. The first-order valence-electron chi connectivity index (χ1n) is 9.70.